The van der Waals surface area contributed by atoms with Crippen LogP contribution < -0.4 is 5.32 Å². The van der Waals surface area contributed by atoms with Crippen LogP contribution in [-0.4, -0.2) is 30.1 Å². The summed E-state index contributed by atoms with van der Waals surface area (Å²) in [6.45, 7) is 4.79. The first-order valence-corrected chi connectivity index (χ1v) is 8.07. The number of benzene rings is 1. The number of halogens is 1. The fraction of sp³-hybridized carbons (Fsp3) is 0.600. The van der Waals surface area contributed by atoms with E-state index in [1.54, 1.807) is 0 Å². The Morgan fingerprint density at radius 2 is 2.17 bits per heavy atom. The molecule has 0 aliphatic carbocycles. The van der Waals surface area contributed by atoms with Gasteiger partial charge in [-0.05, 0) is 79.4 Å². The molecular weight excluding hydrogens is 335 g/mol. The van der Waals surface area contributed by atoms with Crippen LogP contribution in [0, 0.1) is 10.5 Å². The van der Waals surface area contributed by atoms with Crippen LogP contribution in [0.2, 0.25) is 0 Å². The molecule has 98 valence electrons. The van der Waals surface area contributed by atoms with Crippen molar-refractivity contribution < 1.29 is 0 Å². The topological polar surface area (TPSA) is 15.3 Å². The van der Waals surface area contributed by atoms with Gasteiger partial charge in [0.1, 0.15) is 0 Å². The van der Waals surface area contributed by atoms with Gasteiger partial charge in [-0.3, -0.25) is 0 Å². The lowest BCUT2D eigenvalue weighted by atomic mass is 9.97. The highest BCUT2D eigenvalue weighted by Gasteiger charge is 2.31. The number of anilines is 1. The van der Waals surface area contributed by atoms with E-state index in [9.17, 15) is 0 Å². The number of nitrogens with one attached hydrogen (secondary N) is 1. The molecule has 0 spiro atoms. The third-order valence-electron chi connectivity index (χ3n) is 4.36. The smallest absolute Gasteiger partial charge is 0.0353 e. The Morgan fingerprint density at radius 1 is 1.28 bits per heavy atom. The molecule has 3 rings (SSSR count). The van der Waals surface area contributed by atoms with Crippen molar-refractivity contribution in [3.05, 3.63) is 27.3 Å². The van der Waals surface area contributed by atoms with E-state index in [0.29, 0.717) is 6.04 Å². The molecule has 2 aliphatic rings. The molecule has 1 N–H and O–H groups in total. The van der Waals surface area contributed by atoms with Crippen LogP contribution in [0.1, 0.15) is 31.2 Å². The van der Waals surface area contributed by atoms with Gasteiger partial charge in [-0.25, -0.2) is 0 Å². The Labute approximate surface area is 123 Å². The second-order valence-corrected chi connectivity index (χ2v) is 6.82. The standard InChI is InChI=1S/C15H21IN2/c1-11-4-5-12(10-15(11)16)17-13-6-8-18-7-2-3-14(18)9-13/h4-5,10,13-14,17H,2-3,6-9H2,1H3. The lowest BCUT2D eigenvalue weighted by Gasteiger charge is -2.35. The Bertz CT molecular complexity index is 433. The molecule has 2 atom stereocenters. The van der Waals surface area contributed by atoms with E-state index in [1.165, 1.54) is 53.6 Å². The van der Waals surface area contributed by atoms with Crippen LogP contribution in [0.5, 0.6) is 0 Å². The third-order valence-corrected chi connectivity index (χ3v) is 5.53. The van der Waals surface area contributed by atoms with E-state index >= 15 is 0 Å². The van der Waals surface area contributed by atoms with Gasteiger partial charge in [-0.15, -0.1) is 0 Å². The molecule has 0 radical (unpaired) electrons. The molecule has 3 heteroatoms. The van der Waals surface area contributed by atoms with Crippen molar-refractivity contribution in [2.45, 2.75) is 44.7 Å². The maximum Gasteiger partial charge on any atom is 0.0353 e. The van der Waals surface area contributed by atoms with Gasteiger partial charge in [-0.1, -0.05) is 6.07 Å². The zero-order valence-corrected chi connectivity index (χ0v) is 13.1. The van der Waals surface area contributed by atoms with Crippen molar-refractivity contribution in [3.63, 3.8) is 0 Å². The summed E-state index contributed by atoms with van der Waals surface area (Å²) in [6, 6.07) is 8.23. The van der Waals surface area contributed by atoms with Crippen LogP contribution in [-0.2, 0) is 0 Å². The number of piperidine rings is 1. The fourth-order valence-corrected chi connectivity index (χ4v) is 3.79. The van der Waals surface area contributed by atoms with Crippen LogP contribution in [0.15, 0.2) is 18.2 Å². The third kappa shape index (κ3) is 2.67. The molecule has 2 heterocycles. The summed E-state index contributed by atoms with van der Waals surface area (Å²) in [6.07, 6.45) is 5.43. The van der Waals surface area contributed by atoms with Crippen molar-refractivity contribution in [3.8, 4) is 0 Å². The van der Waals surface area contributed by atoms with E-state index in [0.717, 1.165) is 6.04 Å². The van der Waals surface area contributed by atoms with Gasteiger partial charge in [0.25, 0.3) is 0 Å². The normalized spacial score (nSPS) is 28.1. The highest BCUT2D eigenvalue weighted by atomic mass is 127. The lowest BCUT2D eigenvalue weighted by molar-refractivity contribution is 0.188. The number of aryl methyl sites for hydroxylation is 1. The van der Waals surface area contributed by atoms with Gasteiger partial charge in [0.2, 0.25) is 0 Å². The minimum Gasteiger partial charge on any atom is -0.382 e. The molecule has 0 saturated carbocycles. The highest BCUT2D eigenvalue weighted by molar-refractivity contribution is 14.1. The van der Waals surface area contributed by atoms with E-state index in [1.807, 2.05) is 0 Å². The summed E-state index contributed by atoms with van der Waals surface area (Å²) in [4.78, 5) is 2.68. The van der Waals surface area contributed by atoms with E-state index in [2.05, 4.69) is 57.9 Å². The number of rotatable bonds is 2. The Balaban J connectivity index is 1.64. The van der Waals surface area contributed by atoms with Gasteiger partial charge < -0.3 is 10.2 Å². The van der Waals surface area contributed by atoms with Crippen molar-refractivity contribution in [1.29, 1.82) is 0 Å². The molecule has 0 amide bonds. The molecule has 2 aliphatic heterocycles. The molecule has 2 fully saturated rings. The summed E-state index contributed by atoms with van der Waals surface area (Å²) in [5.74, 6) is 0. The molecule has 2 saturated heterocycles. The van der Waals surface area contributed by atoms with Gasteiger partial charge in [-0.2, -0.15) is 0 Å². The van der Waals surface area contributed by atoms with Gasteiger partial charge >= 0.3 is 0 Å². The molecule has 0 aromatic heterocycles. The van der Waals surface area contributed by atoms with Gasteiger partial charge in [0, 0.05) is 27.9 Å². The van der Waals surface area contributed by atoms with Crippen LogP contribution in [0.4, 0.5) is 5.69 Å². The summed E-state index contributed by atoms with van der Waals surface area (Å²) < 4.78 is 1.36. The number of hydrogen-bond acceptors (Lipinski definition) is 2. The maximum absolute atomic E-state index is 3.73. The van der Waals surface area contributed by atoms with Crippen LogP contribution in [0.3, 0.4) is 0 Å². The average molecular weight is 356 g/mol. The van der Waals surface area contributed by atoms with Crippen LogP contribution >= 0.6 is 22.6 Å². The number of nitrogens with zero attached hydrogens (tertiary/aromatic N) is 1. The largest absolute Gasteiger partial charge is 0.382 e. The van der Waals surface area contributed by atoms with Crippen LogP contribution in [0.25, 0.3) is 0 Å². The summed E-state index contributed by atoms with van der Waals surface area (Å²) in [7, 11) is 0. The van der Waals surface area contributed by atoms with E-state index in [-0.39, 0.29) is 0 Å². The summed E-state index contributed by atoms with van der Waals surface area (Å²) in [5.41, 5.74) is 2.66. The highest BCUT2D eigenvalue weighted by Crippen LogP contribution is 2.29. The zero-order chi connectivity index (χ0) is 12.5. The molecule has 18 heavy (non-hydrogen) atoms. The predicted octanol–water partition coefficient (Wildman–Crippen LogP) is 3.64. The molecule has 0 bridgehead atoms. The SMILES string of the molecule is Cc1ccc(NC2CCN3CCCC3C2)cc1I. The minimum atomic E-state index is 0.669. The van der Waals surface area contributed by atoms with Gasteiger partial charge in [0.15, 0.2) is 0 Å². The summed E-state index contributed by atoms with van der Waals surface area (Å²) >= 11 is 2.42. The molecule has 2 unspecified atom stereocenters. The Hall–Kier alpha value is -0.290. The van der Waals surface area contributed by atoms with Crippen molar-refractivity contribution in [2.75, 3.05) is 18.4 Å². The van der Waals surface area contributed by atoms with Crippen molar-refractivity contribution in [2.24, 2.45) is 0 Å². The first kappa shape index (κ1) is 12.7. The second kappa shape index (κ2) is 5.37. The molecule has 2 nitrogen and oxygen atoms in total. The predicted molar refractivity (Wildman–Crippen MR) is 85.1 cm³/mol. The Morgan fingerprint density at radius 3 is 3.00 bits per heavy atom. The molecular formula is C15H21IN2. The number of fused-ring (bicyclic) bond motifs is 1. The van der Waals surface area contributed by atoms with Crippen molar-refractivity contribution >= 4 is 28.3 Å². The molecule has 1 aromatic carbocycles. The first-order valence-electron chi connectivity index (χ1n) is 6.99. The fourth-order valence-electron chi connectivity index (χ4n) is 3.27. The monoisotopic (exact) mass is 356 g/mol. The quantitative estimate of drug-likeness (QED) is 0.814. The average Bonchev–Trinajstić information content (AvgIpc) is 2.81. The lowest BCUT2D eigenvalue weighted by Crippen LogP contribution is -2.42. The number of hydrogen-bond donors (Lipinski definition) is 1. The second-order valence-electron chi connectivity index (χ2n) is 5.66. The zero-order valence-electron chi connectivity index (χ0n) is 11.0. The Kier molecular flexibility index (Phi) is 3.80. The maximum atomic E-state index is 3.73. The van der Waals surface area contributed by atoms with E-state index < -0.39 is 0 Å². The van der Waals surface area contributed by atoms with E-state index in [4.69, 9.17) is 0 Å². The summed E-state index contributed by atoms with van der Waals surface area (Å²) in [5, 5.41) is 3.73. The minimum absolute atomic E-state index is 0.669. The van der Waals surface area contributed by atoms with Gasteiger partial charge in [0.05, 0.1) is 0 Å². The van der Waals surface area contributed by atoms with Crippen molar-refractivity contribution in [1.82, 2.24) is 4.90 Å². The first-order chi connectivity index (χ1) is 8.72. The molecule has 1 aromatic rings.